The van der Waals surface area contributed by atoms with Gasteiger partial charge in [-0.2, -0.15) is 9.37 Å². The molecule has 0 fully saturated rings. The molecular formula is C18H14F4N4O2. The van der Waals surface area contributed by atoms with Gasteiger partial charge in [0.1, 0.15) is 0 Å². The van der Waals surface area contributed by atoms with E-state index in [1.807, 2.05) is 0 Å². The molecule has 0 aliphatic heterocycles. The van der Waals surface area contributed by atoms with Crippen LogP contribution in [0.4, 0.5) is 29.2 Å². The maximum atomic E-state index is 13.7. The Hall–Kier alpha value is -3.43. The lowest BCUT2D eigenvalue weighted by Gasteiger charge is -2.16. The van der Waals surface area contributed by atoms with Gasteiger partial charge in [-0.25, -0.2) is 18.2 Å². The molecule has 3 aromatic rings. The van der Waals surface area contributed by atoms with Gasteiger partial charge in [-0.1, -0.05) is 0 Å². The van der Waals surface area contributed by atoms with Crippen molar-refractivity contribution in [2.45, 2.75) is 20.4 Å². The molecule has 0 aliphatic rings. The molecule has 28 heavy (non-hydrogen) atoms. The van der Waals surface area contributed by atoms with E-state index in [9.17, 15) is 27.5 Å². The zero-order valence-corrected chi connectivity index (χ0v) is 14.7. The summed E-state index contributed by atoms with van der Waals surface area (Å²) >= 11 is 0. The van der Waals surface area contributed by atoms with E-state index in [1.54, 1.807) is 13.8 Å². The maximum absolute atomic E-state index is 13.7. The van der Waals surface area contributed by atoms with E-state index in [-0.39, 0.29) is 23.9 Å². The van der Waals surface area contributed by atoms with Gasteiger partial charge in [-0.3, -0.25) is 4.79 Å². The summed E-state index contributed by atoms with van der Waals surface area (Å²) in [6.07, 6.45) is 0.812. The molecule has 2 N–H and O–H groups in total. The first-order chi connectivity index (χ1) is 13.2. The van der Waals surface area contributed by atoms with Crippen molar-refractivity contribution >= 4 is 11.6 Å². The van der Waals surface area contributed by atoms with Gasteiger partial charge in [0, 0.05) is 11.8 Å². The van der Waals surface area contributed by atoms with Crippen molar-refractivity contribution in [1.29, 1.82) is 0 Å². The van der Waals surface area contributed by atoms with E-state index in [4.69, 9.17) is 0 Å². The second kappa shape index (κ2) is 7.29. The number of halogens is 4. The minimum atomic E-state index is -1.62. The lowest BCUT2D eigenvalue weighted by molar-refractivity contribution is 0.444. The van der Waals surface area contributed by atoms with Crippen molar-refractivity contribution in [3.8, 4) is 5.88 Å². The smallest absolute Gasteiger partial charge is 0.310 e. The summed E-state index contributed by atoms with van der Waals surface area (Å²) in [6, 6.07) is 3.06. The largest absolute Gasteiger partial charge is 0.493 e. The number of nitrogens with one attached hydrogen (secondary N) is 1. The van der Waals surface area contributed by atoms with E-state index in [1.165, 1.54) is 6.07 Å². The van der Waals surface area contributed by atoms with Gasteiger partial charge in [-0.05, 0) is 37.6 Å². The first kappa shape index (κ1) is 19.3. The quantitative estimate of drug-likeness (QED) is 0.524. The summed E-state index contributed by atoms with van der Waals surface area (Å²) in [5.74, 6) is -5.89. The van der Waals surface area contributed by atoms with Gasteiger partial charge in [0.2, 0.25) is 17.6 Å². The molecule has 2 aromatic heterocycles. The van der Waals surface area contributed by atoms with Crippen LogP contribution in [0.15, 0.2) is 29.2 Å². The Labute approximate surface area is 156 Å². The first-order valence-electron chi connectivity index (χ1n) is 8.00. The third-order valence-electron chi connectivity index (χ3n) is 3.97. The molecule has 3 rings (SSSR count). The minimum absolute atomic E-state index is 0.0129. The normalized spacial score (nSPS) is 10.9. The molecule has 0 saturated carbocycles. The summed E-state index contributed by atoms with van der Waals surface area (Å²) in [7, 11) is 0. The molecule has 0 aliphatic carbocycles. The number of aryl methyl sites for hydroxylation is 2. The second-order valence-corrected chi connectivity index (χ2v) is 6.11. The van der Waals surface area contributed by atoms with Crippen molar-refractivity contribution in [3.05, 3.63) is 74.8 Å². The Bertz CT molecular complexity index is 1110. The second-order valence-electron chi connectivity index (χ2n) is 6.11. The molecule has 0 bridgehead atoms. The van der Waals surface area contributed by atoms with E-state index in [0.29, 0.717) is 16.9 Å². The molecule has 146 valence electrons. The van der Waals surface area contributed by atoms with E-state index >= 15 is 0 Å². The number of aromatic hydroxyl groups is 1. The predicted molar refractivity (Wildman–Crippen MR) is 92.5 cm³/mol. The van der Waals surface area contributed by atoms with Crippen LogP contribution >= 0.6 is 0 Å². The fourth-order valence-corrected chi connectivity index (χ4v) is 2.52. The summed E-state index contributed by atoms with van der Waals surface area (Å²) in [6.45, 7) is 2.88. The molecule has 10 heteroatoms. The van der Waals surface area contributed by atoms with Crippen LogP contribution < -0.4 is 10.9 Å². The number of hydrogen-bond donors (Lipinski definition) is 2. The molecule has 0 amide bonds. The highest BCUT2D eigenvalue weighted by Gasteiger charge is 2.15. The Balaban J connectivity index is 2.04. The molecule has 6 nitrogen and oxygen atoms in total. The number of hydrogen-bond acceptors (Lipinski definition) is 5. The Morgan fingerprint density at radius 1 is 1.04 bits per heavy atom. The highest BCUT2D eigenvalue weighted by Crippen LogP contribution is 2.24. The number of nitrogens with zero attached hydrogens (tertiary/aromatic N) is 3. The van der Waals surface area contributed by atoms with Gasteiger partial charge < -0.3 is 15.0 Å². The van der Waals surface area contributed by atoms with Crippen LogP contribution in [0.5, 0.6) is 5.88 Å². The topological polar surface area (TPSA) is 80.0 Å². The van der Waals surface area contributed by atoms with Crippen molar-refractivity contribution in [2.24, 2.45) is 0 Å². The lowest BCUT2D eigenvalue weighted by Crippen LogP contribution is -2.20. The third kappa shape index (κ3) is 3.80. The number of benzene rings is 1. The minimum Gasteiger partial charge on any atom is -0.493 e. The number of anilines is 2. The standard InChI is InChI=1S/C18H14F4N4O2/c1-8-3-14(9(2)23-16(8)27)24-18-25-17(28)13(21)7-26(18)6-10-4-11(19)15(22)12(20)5-10/h3-5,7H,6H2,1-2H3,(H,23,27)(H,24,25,28). The van der Waals surface area contributed by atoms with Crippen LogP contribution in [0, 0.1) is 37.1 Å². The highest BCUT2D eigenvalue weighted by atomic mass is 19.2. The summed E-state index contributed by atoms with van der Waals surface area (Å²) in [5.41, 5.74) is 0.0234. The van der Waals surface area contributed by atoms with E-state index in [0.717, 1.165) is 22.9 Å². The Morgan fingerprint density at radius 2 is 1.68 bits per heavy atom. The summed E-state index contributed by atoms with van der Waals surface area (Å²) < 4.78 is 54.9. The monoisotopic (exact) mass is 394 g/mol. The Kier molecular flexibility index (Phi) is 5.04. The van der Waals surface area contributed by atoms with Crippen LogP contribution in [-0.4, -0.2) is 19.6 Å². The molecule has 1 aromatic carbocycles. The SMILES string of the molecule is Cc1cc(Nc2nc(=O)c(F)cn2Cc2cc(F)c(F)c(F)c2)c(C)nc1O. The number of rotatable bonds is 4. The zero-order valence-electron chi connectivity index (χ0n) is 14.7. The predicted octanol–water partition coefficient (Wildman–Crippen LogP) is 3.31. The van der Waals surface area contributed by atoms with Gasteiger partial charge in [0.05, 0.1) is 17.9 Å². The van der Waals surface area contributed by atoms with Gasteiger partial charge in [0.15, 0.2) is 17.5 Å². The molecule has 0 atom stereocenters. The molecule has 0 spiro atoms. The third-order valence-corrected chi connectivity index (χ3v) is 3.97. The van der Waals surface area contributed by atoms with Crippen LogP contribution in [0.2, 0.25) is 0 Å². The van der Waals surface area contributed by atoms with Crippen molar-refractivity contribution in [2.75, 3.05) is 5.32 Å². The fourth-order valence-electron chi connectivity index (χ4n) is 2.52. The van der Waals surface area contributed by atoms with Crippen molar-refractivity contribution < 1.29 is 22.7 Å². The van der Waals surface area contributed by atoms with Gasteiger partial charge in [0.25, 0.3) is 0 Å². The van der Waals surface area contributed by atoms with Crippen molar-refractivity contribution in [1.82, 2.24) is 14.5 Å². The van der Waals surface area contributed by atoms with E-state index < -0.39 is 28.8 Å². The van der Waals surface area contributed by atoms with Gasteiger partial charge >= 0.3 is 5.56 Å². The van der Waals surface area contributed by atoms with Crippen LogP contribution in [0.25, 0.3) is 0 Å². The zero-order chi connectivity index (χ0) is 20.6. The molecular weight excluding hydrogens is 380 g/mol. The number of aromatic nitrogens is 3. The fraction of sp³-hybridized carbons (Fsp3) is 0.167. The molecule has 0 radical (unpaired) electrons. The first-order valence-corrected chi connectivity index (χ1v) is 8.00. The molecule has 2 heterocycles. The maximum Gasteiger partial charge on any atom is 0.310 e. The van der Waals surface area contributed by atoms with E-state index in [2.05, 4.69) is 15.3 Å². The molecule has 0 saturated heterocycles. The highest BCUT2D eigenvalue weighted by molar-refractivity contribution is 5.58. The average molecular weight is 394 g/mol. The van der Waals surface area contributed by atoms with Crippen LogP contribution in [0.3, 0.4) is 0 Å². The summed E-state index contributed by atoms with van der Waals surface area (Å²) in [5, 5.41) is 12.4. The van der Waals surface area contributed by atoms with Crippen LogP contribution in [0.1, 0.15) is 16.8 Å². The Morgan fingerprint density at radius 3 is 2.32 bits per heavy atom. The summed E-state index contributed by atoms with van der Waals surface area (Å²) in [4.78, 5) is 19.1. The van der Waals surface area contributed by atoms with Gasteiger partial charge in [-0.15, -0.1) is 0 Å². The molecule has 0 unspecified atom stereocenters. The lowest BCUT2D eigenvalue weighted by atomic mass is 10.2. The number of pyridine rings is 1. The van der Waals surface area contributed by atoms with Crippen molar-refractivity contribution in [3.63, 3.8) is 0 Å². The van der Waals surface area contributed by atoms with Crippen LogP contribution in [-0.2, 0) is 6.54 Å². The average Bonchev–Trinajstić information content (AvgIpc) is 2.61.